The zero-order valence-corrected chi connectivity index (χ0v) is 9.47. The number of carbonyl (C=O) groups is 1. The van der Waals surface area contributed by atoms with Crippen molar-refractivity contribution in [2.24, 2.45) is 0 Å². The van der Waals surface area contributed by atoms with Gasteiger partial charge in [-0.1, -0.05) is 6.92 Å². The maximum Gasteiger partial charge on any atom is 0.229 e. The summed E-state index contributed by atoms with van der Waals surface area (Å²) in [7, 11) is -3.25. The lowest BCUT2D eigenvalue weighted by molar-refractivity contribution is 0.0988. The van der Waals surface area contributed by atoms with Crippen molar-refractivity contribution in [1.29, 1.82) is 0 Å². The zero-order valence-electron chi connectivity index (χ0n) is 8.65. The standard InChI is InChI=1S/C10H13NO3S/c1-3-10(12)8-4-6-9(7-5-8)11-15(2,13)14/h4-7,11H,3H2,1-2H3. The van der Waals surface area contributed by atoms with Gasteiger partial charge in [-0.25, -0.2) is 8.42 Å². The third kappa shape index (κ3) is 3.71. The third-order valence-electron chi connectivity index (χ3n) is 1.83. The van der Waals surface area contributed by atoms with E-state index in [0.717, 1.165) is 6.26 Å². The molecule has 0 heterocycles. The monoisotopic (exact) mass is 227 g/mol. The van der Waals surface area contributed by atoms with E-state index in [9.17, 15) is 13.2 Å². The molecule has 0 spiro atoms. The second kappa shape index (κ2) is 4.44. The van der Waals surface area contributed by atoms with Crippen molar-refractivity contribution in [3.63, 3.8) is 0 Å². The fourth-order valence-electron chi connectivity index (χ4n) is 1.14. The van der Waals surface area contributed by atoms with Crippen molar-refractivity contribution in [3.8, 4) is 0 Å². The largest absolute Gasteiger partial charge is 0.294 e. The number of ketones is 1. The number of nitrogens with one attached hydrogen (secondary N) is 1. The molecule has 0 radical (unpaired) electrons. The first-order valence-corrected chi connectivity index (χ1v) is 6.42. The number of anilines is 1. The zero-order chi connectivity index (χ0) is 11.5. The summed E-state index contributed by atoms with van der Waals surface area (Å²) in [6.45, 7) is 1.78. The van der Waals surface area contributed by atoms with Crippen LogP contribution in [0.2, 0.25) is 0 Å². The van der Waals surface area contributed by atoms with Crippen molar-refractivity contribution in [2.75, 3.05) is 11.0 Å². The molecule has 0 aliphatic carbocycles. The lowest BCUT2D eigenvalue weighted by Gasteiger charge is -2.04. The van der Waals surface area contributed by atoms with Crippen LogP contribution in [-0.2, 0) is 10.0 Å². The van der Waals surface area contributed by atoms with Crippen molar-refractivity contribution in [1.82, 2.24) is 0 Å². The van der Waals surface area contributed by atoms with Crippen LogP contribution in [0.3, 0.4) is 0 Å². The third-order valence-corrected chi connectivity index (χ3v) is 2.44. The van der Waals surface area contributed by atoms with Gasteiger partial charge in [-0.05, 0) is 24.3 Å². The number of rotatable bonds is 4. The van der Waals surface area contributed by atoms with Gasteiger partial charge in [-0.15, -0.1) is 0 Å². The predicted molar refractivity (Wildman–Crippen MR) is 59.5 cm³/mol. The molecule has 0 saturated heterocycles. The van der Waals surface area contributed by atoms with Crippen molar-refractivity contribution in [2.45, 2.75) is 13.3 Å². The molecule has 0 aliphatic rings. The maximum absolute atomic E-state index is 11.3. The molecule has 0 aromatic heterocycles. The Hall–Kier alpha value is -1.36. The van der Waals surface area contributed by atoms with E-state index in [0.29, 0.717) is 17.7 Å². The minimum absolute atomic E-state index is 0.0425. The summed E-state index contributed by atoms with van der Waals surface area (Å²) < 4.78 is 24.1. The van der Waals surface area contributed by atoms with Crippen LogP contribution in [0.15, 0.2) is 24.3 Å². The van der Waals surface area contributed by atoms with Gasteiger partial charge in [0.25, 0.3) is 0 Å². The average molecular weight is 227 g/mol. The van der Waals surface area contributed by atoms with Gasteiger partial charge >= 0.3 is 0 Å². The summed E-state index contributed by atoms with van der Waals surface area (Å²) in [4.78, 5) is 11.3. The molecule has 15 heavy (non-hydrogen) atoms. The molecule has 0 saturated carbocycles. The summed E-state index contributed by atoms with van der Waals surface area (Å²) in [5, 5.41) is 0. The fraction of sp³-hybridized carbons (Fsp3) is 0.300. The smallest absolute Gasteiger partial charge is 0.229 e. The van der Waals surface area contributed by atoms with E-state index in [-0.39, 0.29) is 5.78 Å². The van der Waals surface area contributed by atoms with Gasteiger partial charge in [0.2, 0.25) is 10.0 Å². The van der Waals surface area contributed by atoms with Gasteiger partial charge in [0.15, 0.2) is 5.78 Å². The van der Waals surface area contributed by atoms with Crippen molar-refractivity contribution >= 4 is 21.5 Å². The molecule has 0 fully saturated rings. The molecule has 1 N–H and O–H groups in total. The van der Waals surface area contributed by atoms with Crippen LogP contribution in [0.4, 0.5) is 5.69 Å². The topological polar surface area (TPSA) is 63.2 Å². The Labute approximate surface area is 89.4 Å². The molecule has 5 heteroatoms. The van der Waals surface area contributed by atoms with Crippen LogP contribution in [0.25, 0.3) is 0 Å². The molecular weight excluding hydrogens is 214 g/mol. The van der Waals surface area contributed by atoms with Gasteiger partial charge in [0, 0.05) is 17.7 Å². The molecule has 0 aliphatic heterocycles. The van der Waals surface area contributed by atoms with Crippen LogP contribution < -0.4 is 4.72 Å². The number of carbonyl (C=O) groups excluding carboxylic acids is 1. The summed E-state index contributed by atoms with van der Waals surface area (Å²) >= 11 is 0. The van der Waals surface area contributed by atoms with Crippen molar-refractivity contribution in [3.05, 3.63) is 29.8 Å². The molecule has 4 nitrogen and oxygen atoms in total. The fourth-order valence-corrected chi connectivity index (χ4v) is 1.71. The number of benzene rings is 1. The van der Waals surface area contributed by atoms with E-state index in [1.54, 1.807) is 31.2 Å². The molecule has 82 valence electrons. The first-order chi connectivity index (χ1) is 6.92. The molecule has 0 bridgehead atoms. The van der Waals surface area contributed by atoms with E-state index < -0.39 is 10.0 Å². The van der Waals surface area contributed by atoms with Crippen LogP contribution in [0.5, 0.6) is 0 Å². The first kappa shape index (κ1) is 11.7. The van der Waals surface area contributed by atoms with Gasteiger partial charge in [-0.3, -0.25) is 9.52 Å². The summed E-state index contributed by atoms with van der Waals surface area (Å²) in [6.07, 6.45) is 1.52. The Kier molecular flexibility index (Phi) is 3.47. The molecule has 0 atom stereocenters. The minimum atomic E-state index is -3.25. The molecule has 0 amide bonds. The van der Waals surface area contributed by atoms with Crippen LogP contribution in [0.1, 0.15) is 23.7 Å². The second-order valence-corrected chi connectivity index (χ2v) is 4.98. The first-order valence-electron chi connectivity index (χ1n) is 4.53. The normalized spacial score (nSPS) is 11.1. The van der Waals surface area contributed by atoms with Crippen LogP contribution >= 0.6 is 0 Å². The predicted octanol–water partition coefficient (Wildman–Crippen LogP) is 1.65. The van der Waals surface area contributed by atoms with Gasteiger partial charge < -0.3 is 0 Å². The van der Waals surface area contributed by atoms with Crippen LogP contribution in [-0.4, -0.2) is 20.5 Å². The number of Topliss-reactive ketones (excluding diaryl/α,β-unsaturated/α-hetero) is 1. The summed E-state index contributed by atoms with van der Waals surface area (Å²) in [6, 6.07) is 6.37. The highest BCUT2D eigenvalue weighted by Gasteiger charge is 2.04. The molecule has 1 rings (SSSR count). The van der Waals surface area contributed by atoms with E-state index in [1.807, 2.05) is 0 Å². The second-order valence-electron chi connectivity index (χ2n) is 3.23. The van der Waals surface area contributed by atoms with Crippen LogP contribution in [0, 0.1) is 0 Å². The van der Waals surface area contributed by atoms with Gasteiger partial charge in [0.1, 0.15) is 0 Å². The van der Waals surface area contributed by atoms with Gasteiger partial charge in [0.05, 0.1) is 6.26 Å². The average Bonchev–Trinajstić information content (AvgIpc) is 2.15. The Balaban J connectivity index is 2.86. The summed E-state index contributed by atoms with van der Waals surface area (Å²) in [5.74, 6) is 0.0425. The van der Waals surface area contributed by atoms with E-state index in [2.05, 4.69) is 4.72 Å². The number of hydrogen-bond donors (Lipinski definition) is 1. The Bertz CT molecular complexity index is 448. The number of hydrogen-bond acceptors (Lipinski definition) is 3. The quantitative estimate of drug-likeness (QED) is 0.795. The van der Waals surface area contributed by atoms with Crippen molar-refractivity contribution < 1.29 is 13.2 Å². The molecule has 0 unspecified atom stereocenters. The highest BCUT2D eigenvalue weighted by Crippen LogP contribution is 2.11. The van der Waals surface area contributed by atoms with E-state index >= 15 is 0 Å². The lowest BCUT2D eigenvalue weighted by atomic mass is 10.1. The number of sulfonamides is 1. The van der Waals surface area contributed by atoms with E-state index in [1.165, 1.54) is 0 Å². The highest BCUT2D eigenvalue weighted by molar-refractivity contribution is 7.92. The highest BCUT2D eigenvalue weighted by atomic mass is 32.2. The molecule has 1 aromatic carbocycles. The minimum Gasteiger partial charge on any atom is -0.294 e. The maximum atomic E-state index is 11.3. The molecular formula is C10H13NO3S. The Morgan fingerprint density at radius 3 is 2.20 bits per heavy atom. The summed E-state index contributed by atoms with van der Waals surface area (Å²) in [5.41, 5.74) is 1.06. The Morgan fingerprint density at radius 1 is 1.27 bits per heavy atom. The van der Waals surface area contributed by atoms with E-state index in [4.69, 9.17) is 0 Å². The Morgan fingerprint density at radius 2 is 1.80 bits per heavy atom. The lowest BCUT2D eigenvalue weighted by Crippen LogP contribution is -2.09. The SMILES string of the molecule is CCC(=O)c1ccc(NS(C)(=O)=O)cc1. The molecule has 1 aromatic rings. The van der Waals surface area contributed by atoms with Gasteiger partial charge in [-0.2, -0.15) is 0 Å².